The summed E-state index contributed by atoms with van der Waals surface area (Å²) in [6.07, 6.45) is 3.58. The van der Waals surface area contributed by atoms with Crippen molar-refractivity contribution < 1.29 is 5.11 Å². The molecule has 100 valence electrons. The summed E-state index contributed by atoms with van der Waals surface area (Å²) >= 11 is 12.1. The van der Waals surface area contributed by atoms with Gasteiger partial charge in [0.05, 0.1) is 16.1 Å². The van der Waals surface area contributed by atoms with Crippen molar-refractivity contribution in [3.8, 4) is 0 Å². The van der Waals surface area contributed by atoms with E-state index in [4.69, 9.17) is 23.2 Å². The Hall–Kier alpha value is -0.280. The molecule has 1 aliphatic carbocycles. The summed E-state index contributed by atoms with van der Waals surface area (Å²) in [6.45, 7) is 0.849. The highest BCUT2D eigenvalue weighted by molar-refractivity contribution is 6.42. The fourth-order valence-corrected chi connectivity index (χ4v) is 3.32. The second-order valence-corrected chi connectivity index (χ2v) is 6.00. The van der Waals surface area contributed by atoms with E-state index in [1.54, 1.807) is 0 Å². The first kappa shape index (κ1) is 14.1. The van der Waals surface area contributed by atoms with Crippen LogP contribution in [-0.4, -0.2) is 24.8 Å². The number of rotatable bonds is 3. The third kappa shape index (κ3) is 2.83. The van der Waals surface area contributed by atoms with Crippen molar-refractivity contribution in [3.05, 3.63) is 33.8 Å². The van der Waals surface area contributed by atoms with Gasteiger partial charge in [-0.3, -0.25) is 0 Å². The van der Waals surface area contributed by atoms with E-state index in [-0.39, 0.29) is 11.5 Å². The van der Waals surface area contributed by atoms with Gasteiger partial charge in [0.25, 0.3) is 0 Å². The third-order valence-corrected chi connectivity index (χ3v) is 4.61. The van der Waals surface area contributed by atoms with E-state index in [1.165, 1.54) is 5.56 Å². The van der Waals surface area contributed by atoms with Crippen molar-refractivity contribution in [2.45, 2.75) is 37.2 Å². The van der Waals surface area contributed by atoms with Crippen LogP contribution in [0.2, 0.25) is 10.0 Å². The quantitative estimate of drug-likeness (QED) is 0.893. The molecule has 18 heavy (non-hydrogen) atoms. The molecule has 0 unspecified atom stereocenters. The Balaban J connectivity index is 2.36. The molecule has 0 amide bonds. The lowest BCUT2D eigenvalue weighted by Crippen LogP contribution is -2.42. The molecule has 0 bridgehead atoms. The molecule has 1 aromatic rings. The summed E-state index contributed by atoms with van der Waals surface area (Å²) in [4.78, 5) is 0. The van der Waals surface area contributed by atoms with Crippen molar-refractivity contribution in [2.24, 2.45) is 0 Å². The van der Waals surface area contributed by atoms with Gasteiger partial charge in [-0.05, 0) is 50.4 Å². The Kier molecular flexibility index (Phi) is 4.54. The van der Waals surface area contributed by atoms with E-state index in [9.17, 15) is 5.11 Å². The lowest BCUT2D eigenvalue weighted by atomic mass is 9.68. The highest BCUT2D eigenvalue weighted by Crippen LogP contribution is 2.40. The van der Waals surface area contributed by atoms with Crippen LogP contribution in [0, 0.1) is 0 Å². The molecule has 2 rings (SSSR count). The Labute approximate surface area is 118 Å². The van der Waals surface area contributed by atoms with Crippen LogP contribution >= 0.6 is 23.2 Å². The fourth-order valence-electron chi connectivity index (χ4n) is 3.02. The first-order valence-electron chi connectivity index (χ1n) is 6.35. The molecule has 2 N–H and O–H groups in total. The van der Waals surface area contributed by atoms with E-state index in [2.05, 4.69) is 5.32 Å². The van der Waals surface area contributed by atoms with E-state index < -0.39 is 0 Å². The molecule has 1 aromatic carbocycles. The standard InChI is InChI=1S/C14H19Cl2NO/c1-17-9-14(6-2-3-11(18)8-14)10-4-5-12(15)13(16)7-10/h4-5,7,11,17-18H,2-3,6,8-9H2,1H3/t11-,14+/m1/s1. The number of aliphatic hydroxyl groups is 1. The molecule has 0 aliphatic heterocycles. The summed E-state index contributed by atoms with van der Waals surface area (Å²) in [6, 6.07) is 5.82. The third-order valence-electron chi connectivity index (χ3n) is 3.87. The Bertz CT molecular complexity index is 420. The molecule has 1 saturated carbocycles. The van der Waals surface area contributed by atoms with Gasteiger partial charge in [0, 0.05) is 12.0 Å². The minimum absolute atomic E-state index is 0.0271. The lowest BCUT2D eigenvalue weighted by molar-refractivity contribution is 0.0845. The second kappa shape index (κ2) is 5.79. The van der Waals surface area contributed by atoms with Crippen molar-refractivity contribution >= 4 is 23.2 Å². The van der Waals surface area contributed by atoms with Gasteiger partial charge in [-0.1, -0.05) is 29.3 Å². The molecule has 4 heteroatoms. The summed E-state index contributed by atoms with van der Waals surface area (Å²) in [5, 5.41) is 14.4. The molecule has 1 fully saturated rings. The molecule has 0 spiro atoms. The number of likely N-dealkylation sites (N-methyl/N-ethyl adjacent to an activating group) is 1. The first-order chi connectivity index (χ1) is 8.57. The van der Waals surface area contributed by atoms with Gasteiger partial charge in [0.15, 0.2) is 0 Å². The molecule has 0 radical (unpaired) electrons. The number of hydrogen-bond donors (Lipinski definition) is 2. The predicted molar refractivity (Wildman–Crippen MR) is 76.5 cm³/mol. The van der Waals surface area contributed by atoms with Crippen LogP contribution in [0.5, 0.6) is 0 Å². The average molecular weight is 288 g/mol. The van der Waals surface area contributed by atoms with Crippen LogP contribution < -0.4 is 5.32 Å². The van der Waals surface area contributed by atoms with Gasteiger partial charge in [0.2, 0.25) is 0 Å². The van der Waals surface area contributed by atoms with Crippen LogP contribution in [0.4, 0.5) is 0 Å². The minimum atomic E-state index is -0.221. The highest BCUT2D eigenvalue weighted by Gasteiger charge is 2.37. The maximum atomic E-state index is 9.97. The predicted octanol–water partition coefficient (Wildman–Crippen LogP) is 3.39. The van der Waals surface area contributed by atoms with Gasteiger partial charge >= 0.3 is 0 Å². The summed E-state index contributed by atoms with van der Waals surface area (Å²) in [7, 11) is 1.94. The maximum Gasteiger partial charge on any atom is 0.0595 e. The zero-order valence-electron chi connectivity index (χ0n) is 10.5. The number of hydrogen-bond acceptors (Lipinski definition) is 2. The van der Waals surface area contributed by atoms with Crippen molar-refractivity contribution in [1.82, 2.24) is 5.32 Å². The van der Waals surface area contributed by atoms with E-state index in [0.717, 1.165) is 32.2 Å². The second-order valence-electron chi connectivity index (χ2n) is 5.19. The molecule has 0 saturated heterocycles. The molecule has 0 aromatic heterocycles. The largest absolute Gasteiger partial charge is 0.393 e. The van der Waals surface area contributed by atoms with Gasteiger partial charge in [0.1, 0.15) is 0 Å². The van der Waals surface area contributed by atoms with Crippen LogP contribution in [-0.2, 0) is 5.41 Å². The monoisotopic (exact) mass is 287 g/mol. The normalized spacial score (nSPS) is 28.3. The van der Waals surface area contributed by atoms with E-state index in [1.807, 2.05) is 25.2 Å². The maximum absolute atomic E-state index is 9.97. The SMILES string of the molecule is CNC[C@]1(c2ccc(Cl)c(Cl)c2)CCC[C@@H](O)C1. The number of halogens is 2. The molecular weight excluding hydrogens is 269 g/mol. The van der Waals surface area contributed by atoms with Crippen LogP contribution in [0.1, 0.15) is 31.2 Å². The Morgan fingerprint density at radius 1 is 1.39 bits per heavy atom. The Morgan fingerprint density at radius 3 is 2.78 bits per heavy atom. The molecule has 1 aliphatic rings. The first-order valence-corrected chi connectivity index (χ1v) is 7.11. The fraction of sp³-hybridized carbons (Fsp3) is 0.571. The smallest absolute Gasteiger partial charge is 0.0595 e. The molecule has 0 heterocycles. The highest BCUT2D eigenvalue weighted by atomic mass is 35.5. The van der Waals surface area contributed by atoms with Gasteiger partial charge in [-0.15, -0.1) is 0 Å². The molecule has 2 nitrogen and oxygen atoms in total. The van der Waals surface area contributed by atoms with E-state index in [0.29, 0.717) is 10.0 Å². The summed E-state index contributed by atoms with van der Waals surface area (Å²) < 4.78 is 0. The number of aliphatic hydroxyl groups excluding tert-OH is 1. The number of nitrogens with one attached hydrogen (secondary N) is 1. The summed E-state index contributed by atoms with van der Waals surface area (Å²) in [5.41, 5.74) is 1.14. The van der Waals surface area contributed by atoms with Crippen LogP contribution in [0.15, 0.2) is 18.2 Å². The van der Waals surface area contributed by atoms with Gasteiger partial charge < -0.3 is 10.4 Å². The van der Waals surface area contributed by atoms with Crippen molar-refractivity contribution in [2.75, 3.05) is 13.6 Å². The van der Waals surface area contributed by atoms with Crippen LogP contribution in [0.25, 0.3) is 0 Å². The molecule has 2 atom stereocenters. The van der Waals surface area contributed by atoms with Crippen LogP contribution in [0.3, 0.4) is 0 Å². The van der Waals surface area contributed by atoms with Crippen molar-refractivity contribution in [3.63, 3.8) is 0 Å². The van der Waals surface area contributed by atoms with Gasteiger partial charge in [-0.25, -0.2) is 0 Å². The van der Waals surface area contributed by atoms with E-state index >= 15 is 0 Å². The zero-order chi connectivity index (χ0) is 13.2. The summed E-state index contributed by atoms with van der Waals surface area (Å²) in [5.74, 6) is 0. The molecular formula is C14H19Cl2NO. The average Bonchev–Trinajstić information content (AvgIpc) is 2.33. The number of benzene rings is 1. The zero-order valence-corrected chi connectivity index (χ0v) is 12.1. The Morgan fingerprint density at radius 2 is 2.17 bits per heavy atom. The topological polar surface area (TPSA) is 32.3 Å². The van der Waals surface area contributed by atoms with Gasteiger partial charge in [-0.2, -0.15) is 0 Å². The minimum Gasteiger partial charge on any atom is -0.393 e. The van der Waals surface area contributed by atoms with Crippen molar-refractivity contribution in [1.29, 1.82) is 0 Å². The lowest BCUT2D eigenvalue weighted by Gasteiger charge is -2.40.